The maximum absolute atomic E-state index is 13.0. The Morgan fingerprint density at radius 1 is 1.19 bits per heavy atom. The second-order valence-electron chi connectivity index (χ2n) is 5.41. The van der Waals surface area contributed by atoms with Crippen molar-refractivity contribution in [1.29, 1.82) is 0 Å². The van der Waals surface area contributed by atoms with Gasteiger partial charge < -0.3 is 19.5 Å². The van der Waals surface area contributed by atoms with Crippen molar-refractivity contribution in [3.05, 3.63) is 52.3 Å². The Kier molecular flexibility index (Phi) is 6.30. The van der Waals surface area contributed by atoms with Crippen LogP contribution in [-0.2, 0) is 11.3 Å². The zero-order valence-electron chi connectivity index (χ0n) is 13.9. The Balaban J connectivity index is 1.37. The molecule has 0 atom stereocenters. The number of carbonyl (C=O) groups excluding carboxylic acids is 1. The number of nitrogens with one attached hydrogen (secondary N) is 3. The maximum Gasteiger partial charge on any atom is 0.276 e. The van der Waals surface area contributed by atoms with Gasteiger partial charge in [-0.25, -0.2) is 4.39 Å². The summed E-state index contributed by atoms with van der Waals surface area (Å²) < 4.78 is 29.3. The molecule has 0 saturated heterocycles. The lowest BCUT2D eigenvalue weighted by Gasteiger charge is -2.13. The van der Waals surface area contributed by atoms with E-state index in [1.165, 1.54) is 18.2 Å². The molecule has 1 amide bonds. The molecule has 0 bridgehead atoms. The van der Waals surface area contributed by atoms with Crippen LogP contribution < -0.4 is 30.4 Å². The van der Waals surface area contributed by atoms with Gasteiger partial charge in [0.05, 0.1) is 4.47 Å². The number of hydrogen-bond donors (Lipinski definition) is 3. The number of hydrazine groups is 1. The fourth-order valence-electron chi connectivity index (χ4n) is 2.18. The zero-order valence-corrected chi connectivity index (χ0v) is 16.3. The molecule has 1 aliphatic rings. The molecule has 142 valence electrons. The first-order chi connectivity index (χ1) is 13.0. The van der Waals surface area contributed by atoms with Gasteiger partial charge in [0.1, 0.15) is 11.6 Å². The average molecular weight is 456 g/mol. The van der Waals surface area contributed by atoms with Crippen LogP contribution in [0.3, 0.4) is 0 Å². The number of amides is 1. The number of fused-ring (bicyclic) bond motifs is 1. The Morgan fingerprint density at radius 3 is 2.81 bits per heavy atom. The van der Waals surface area contributed by atoms with E-state index in [4.69, 9.17) is 26.4 Å². The topological polar surface area (TPSA) is 80.9 Å². The van der Waals surface area contributed by atoms with E-state index in [0.29, 0.717) is 28.3 Å². The number of hydrogen-bond acceptors (Lipinski definition) is 5. The third-order valence-electron chi connectivity index (χ3n) is 3.46. The SMILES string of the molecule is O=C(COc1ccc(F)cc1Br)NNC(=S)NCc1ccc2c(c1)OCO2. The minimum atomic E-state index is -0.446. The van der Waals surface area contributed by atoms with Crippen LogP contribution >= 0.6 is 28.1 Å². The standard InChI is InChI=1S/C17H15BrFN3O4S/c18-12-6-11(19)2-4-13(12)24-8-16(23)21-22-17(27)20-7-10-1-3-14-15(5-10)26-9-25-14/h1-6H,7-9H2,(H,21,23)(H2,20,22,27). The summed E-state index contributed by atoms with van der Waals surface area (Å²) in [4.78, 5) is 11.8. The van der Waals surface area contributed by atoms with Crippen molar-refractivity contribution in [2.45, 2.75) is 6.54 Å². The summed E-state index contributed by atoms with van der Waals surface area (Å²) in [5.74, 6) is 0.901. The van der Waals surface area contributed by atoms with Crippen LogP contribution in [0.2, 0.25) is 0 Å². The molecule has 1 heterocycles. The average Bonchev–Trinajstić information content (AvgIpc) is 3.11. The molecule has 7 nitrogen and oxygen atoms in total. The summed E-state index contributed by atoms with van der Waals surface area (Å²) >= 11 is 8.26. The molecule has 0 radical (unpaired) electrons. The van der Waals surface area contributed by atoms with Gasteiger partial charge in [-0.2, -0.15) is 0 Å². The Hall–Kier alpha value is -2.59. The third-order valence-corrected chi connectivity index (χ3v) is 4.32. The fraction of sp³-hybridized carbons (Fsp3) is 0.176. The van der Waals surface area contributed by atoms with Gasteiger partial charge in [-0.05, 0) is 64.0 Å². The van der Waals surface area contributed by atoms with Crippen molar-refractivity contribution in [1.82, 2.24) is 16.2 Å². The first-order valence-corrected chi connectivity index (χ1v) is 9.00. The minimum Gasteiger partial charge on any atom is -0.483 e. The van der Waals surface area contributed by atoms with E-state index in [0.717, 1.165) is 5.56 Å². The molecule has 2 aromatic rings. The van der Waals surface area contributed by atoms with Crippen LogP contribution in [0.5, 0.6) is 17.2 Å². The van der Waals surface area contributed by atoms with E-state index in [2.05, 4.69) is 32.1 Å². The molecule has 3 rings (SSSR count). The van der Waals surface area contributed by atoms with Gasteiger partial charge >= 0.3 is 0 Å². The molecule has 2 aromatic carbocycles. The lowest BCUT2D eigenvalue weighted by atomic mass is 10.2. The predicted molar refractivity (Wildman–Crippen MR) is 103 cm³/mol. The van der Waals surface area contributed by atoms with Crippen LogP contribution in [0.1, 0.15) is 5.56 Å². The maximum atomic E-state index is 13.0. The monoisotopic (exact) mass is 455 g/mol. The smallest absolute Gasteiger partial charge is 0.276 e. The Labute approximate surface area is 168 Å². The Bertz CT molecular complexity index is 868. The van der Waals surface area contributed by atoms with Gasteiger partial charge in [-0.1, -0.05) is 6.07 Å². The zero-order chi connectivity index (χ0) is 19.2. The first kappa shape index (κ1) is 19.2. The predicted octanol–water partition coefficient (Wildman–Crippen LogP) is 2.39. The van der Waals surface area contributed by atoms with Crippen molar-refractivity contribution in [2.75, 3.05) is 13.4 Å². The van der Waals surface area contributed by atoms with Crippen LogP contribution in [0.4, 0.5) is 4.39 Å². The Morgan fingerprint density at radius 2 is 2.00 bits per heavy atom. The largest absolute Gasteiger partial charge is 0.483 e. The highest BCUT2D eigenvalue weighted by atomic mass is 79.9. The molecule has 0 saturated carbocycles. The first-order valence-electron chi connectivity index (χ1n) is 7.80. The normalized spacial score (nSPS) is 11.6. The van der Waals surface area contributed by atoms with Crippen molar-refractivity contribution in [3.8, 4) is 17.2 Å². The third kappa shape index (κ3) is 5.44. The van der Waals surface area contributed by atoms with E-state index < -0.39 is 11.7 Å². The second kappa shape index (κ2) is 8.87. The summed E-state index contributed by atoms with van der Waals surface area (Å²) in [7, 11) is 0. The number of ether oxygens (including phenoxy) is 3. The van der Waals surface area contributed by atoms with Crippen molar-refractivity contribution in [3.63, 3.8) is 0 Å². The molecular formula is C17H15BrFN3O4S. The van der Waals surface area contributed by atoms with Gasteiger partial charge in [0.25, 0.3) is 5.91 Å². The molecule has 3 N–H and O–H groups in total. The molecular weight excluding hydrogens is 441 g/mol. The summed E-state index contributed by atoms with van der Waals surface area (Å²) in [5, 5.41) is 3.19. The molecule has 0 aromatic heterocycles. The highest BCUT2D eigenvalue weighted by Crippen LogP contribution is 2.32. The van der Waals surface area contributed by atoms with Gasteiger partial charge in [-0.15, -0.1) is 0 Å². The molecule has 10 heteroatoms. The van der Waals surface area contributed by atoms with Crippen molar-refractivity contribution < 1.29 is 23.4 Å². The number of halogens is 2. The van der Waals surface area contributed by atoms with Gasteiger partial charge in [-0.3, -0.25) is 15.6 Å². The summed E-state index contributed by atoms with van der Waals surface area (Å²) in [6, 6.07) is 9.48. The van der Waals surface area contributed by atoms with E-state index >= 15 is 0 Å². The van der Waals surface area contributed by atoms with Crippen LogP contribution in [0.15, 0.2) is 40.9 Å². The molecule has 0 aliphatic carbocycles. The number of benzene rings is 2. The van der Waals surface area contributed by atoms with Crippen molar-refractivity contribution in [2.24, 2.45) is 0 Å². The fourth-order valence-corrected chi connectivity index (χ4v) is 2.76. The summed E-state index contributed by atoms with van der Waals surface area (Å²) in [6.07, 6.45) is 0. The lowest BCUT2D eigenvalue weighted by molar-refractivity contribution is -0.123. The lowest BCUT2D eigenvalue weighted by Crippen LogP contribution is -2.48. The molecule has 27 heavy (non-hydrogen) atoms. The highest BCUT2D eigenvalue weighted by molar-refractivity contribution is 9.10. The van der Waals surface area contributed by atoms with Gasteiger partial charge in [0.2, 0.25) is 6.79 Å². The molecule has 0 spiro atoms. The molecule has 1 aliphatic heterocycles. The molecule has 0 fully saturated rings. The number of rotatable bonds is 5. The minimum absolute atomic E-state index is 0.217. The van der Waals surface area contributed by atoms with E-state index in [1.54, 1.807) is 0 Å². The van der Waals surface area contributed by atoms with Gasteiger partial charge in [0.15, 0.2) is 23.2 Å². The van der Waals surface area contributed by atoms with E-state index in [1.807, 2.05) is 18.2 Å². The van der Waals surface area contributed by atoms with E-state index in [-0.39, 0.29) is 18.5 Å². The van der Waals surface area contributed by atoms with Crippen LogP contribution in [-0.4, -0.2) is 24.4 Å². The van der Waals surface area contributed by atoms with Crippen LogP contribution in [0.25, 0.3) is 0 Å². The van der Waals surface area contributed by atoms with Crippen LogP contribution in [0, 0.1) is 5.82 Å². The molecule has 0 unspecified atom stereocenters. The summed E-state index contributed by atoms with van der Waals surface area (Å²) in [5.41, 5.74) is 5.93. The number of carbonyl (C=O) groups is 1. The van der Waals surface area contributed by atoms with E-state index in [9.17, 15) is 9.18 Å². The highest BCUT2D eigenvalue weighted by Gasteiger charge is 2.13. The quantitative estimate of drug-likeness (QED) is 0.471. The van der Waals surface area contributed by atoms with Crippen molar-refractivity contribution >= 4 is 39.2 Å². The summed E-state index contributed by atoms with van der Waals surface area (Å²) in [6.45, 7) is 0.397. The second-order valence-corrected chi connectivity index (χ2v) is 6.67. The van der Waals surface area contributed by atoms with Gasteiger partial charge in [0, 0.05) is 6.54 Å². The number of thiocarbonyl (C=S) groups is 1.